The molecule has 0 N–H and O–H groups in total. The molecule has 0 radical (unpaired) electrons. The normalized spacial score (nSPS) is 14.3. The lowest BCUT2D eigenvalue weighted by molar-refractivity contribution is 0.436. The number of rotatable bonds is 4. The van der Waals surface area contributed by atoms with Gasteiger partial charge in [-0.05, 0) is 117 Å². The van der Waals surface area contributed by atoms with E-state index < -0.39 is 10.8 Å². The van der Waals surface area contributed by atoms with Crippen LogP contribution in [0.5, 0.6) is 23.0 Å². The Morgan fingerprint density at radius 2 is 0.778 bits per heavy atom. The number of para-hydroxylation sites is 4. The van der Waals surface area contributed by atoms with Crippen molar-refractivity contribution in [2.24, 2.45) is 0 Å². The number of hydrogen-bond donors (Lipinski definition) is 0. The van der Waals surface area contributed by atoms with Crippen LogP contribution in [0.4, 0.5) is 17.1 Å². The molecule has 0 fully saturated rings. The molecule has 2 aliphatic carbocycles. The van der Waals surface area contributed by atoms with E-state index in [4.69, 9.17) is 9.47 Å². The zero-order valence-electron chi connectivity index (χ0n) is 38.8. The average molecular weight is 936 g/mol. The maximum Gasteiger partial charge on any atom is 0.132 e. The summed E-state index contributed by atoms with van der Waals surface area (Å²) in [4.78, 5) is 2.52. The van der Waals surface area contributed by atoms with Gasteiger partial charge in [-0.3, -0.25) is 0 Å². The number of hydrogen-bond acceptors (Lipinski definition) is 4. The Bertz CT molecular complexity index is 4170. The van der Waals surface area contributed by atoms with Crippen LogP contribution in [0.3, 0.4) is 0 Å². The van der Waals surface area contributed by atoms with E-state index in [1.54, 1.807) is 0 Å². The van der Waals surface area contributed by atoms with E-state index in [2.05, 4.69) is 254 Å². The molecule has 336 valence electrons. The quantitative estimate of drug-likeness (QED) is 0.176. The molecule has 0 amide bonds. The summed E-state index contributed by atoms with van der Waals surface area (Å²) in [7, 11) is 0. The largest absolute Gasteiger partial charge is 0.457 e. The summed E-state index contributed by atoms with van der Waals surface area (Å²) in [5.74, 6) is 3.52. The Morgan fingerprint density at radius 3 is 1.43 bits per heavy atom. The number of thiophene rings is 1. The highest BCUT2D eigenvalue weighted by molar-refractivity contribution is 7.25. The van der Waals surface area contributed by atoms with Gasteiger partial charge in [-0.2, -0.15) is 0 Å². The minimum absolute atomic E-state index is 0.621. The number of nitrogens with zero attached hydrogens (tertiary/aromatic N) is 1. The fraction of sp³-hybridized carbons (Fsp3) is 0.0294. The SMILES string of the molecule is c1ccc2c(c1)Oc1ccccc1C21c2ccccc2-c2ccc(N(c3ccc(-c4cccc5sc6ccccc6c45)cc3)c3cccc4c3-c3ccccc3C43c4ccccc4Oc4ccccc43)cc21. The second-order valence-electron chi connectivity index (χ2n) is 19.4. The van der Waals surface area contributed by atoms with Crippen LogP contribution in [0.25, 0.3) is 53.6 Å². The molecular formula is C68H41NO2S. The monoisotopic (exact) mass is 935 g/mol. The maximum atomic E-state index is 6.77. The van der Waals surface area contributed by atoms with Gasteiger partial charge in [0.2, 0.25) is 0 Å². The molecule has 1 aromatic heterocycles. The zero-order chi connectivity index (χ0) is 47.1. The van der Waals surface area contributed by atoms with Crippen molar-refractivity contribution in [3.63, 3.8) is 0 Å². The molecule has 72 heavy (non-hydrogen) atoms. The molecule has 0 atom stereocenters. The smallest absolute Gasteiger partial charge is 0.132 e. The van der Waals surface area contributed by atoms with Gasteiger partial charge in [0.05, 0.1) is 16.5 Å². The van der Waals surface area contributed by atoms with Crippen LogP contribution in [0, 0.1) is 0 Å². The van der Waals surface area contributed by atoms with Crippen LogP contribution in [-0.4, -0.2) is 0 Å². The minimum atomic E-state index is -0.629. The third kappa shape index (κ3) is 5.13. The molecule has 3 nitrogen and oxygen atoms in total. The van der Waals surface area contributed by atoms with Crippen LogP contribution in [-0.2, 0) is 10.8 Å². The highest BCUT2D eigenvalue weighted by Gasteiger charge is 2.53. The lowest BCUT2D eigenvalue weighted by Crippen LogP contribution is -2.32. The van der Waals surface area contributed by atoms with Crippen LogP contribution >= 0.6 is 11.3 Å². The second kappa shape index (κ2) is 14.8. The van der Waals surface area contributed by atoms with Crippen molar-refractivity contribution in [3.05, 3.63) is 293 Å². The van der Waals surface area contributed by atoms with E-state index in [1.807, 2.05) is 11.3 Å². The highest BCUT2D eigenvalue weighted by atomic mass is 32.1. The van der Waals surface area contributed by atoms with E-state index >= 15 is 0 Å². The molecule has 0 saturated heterocycles. The average Bonchev–Trinajstić information content (AvgIpc) is 4.07. The Hall–Kier alpha value is -8.96. The maximum absolute atomic E-state index is 6.77. The first-order valence-electron chi connectivity index (χ1n) is 24.7. The van der Waals surface area contributed by atoms with Crippen LogP contribution in [0.2, 0.25) is 0 Å². The van der Waals surface area contributed by atoms with E-state index in [-0.39, 0.29) is 0 Å². The molecular weight excluding hydrogens is 895 g/mol. The minimum Gasteiger partial charge on any atom is -0.457 e. The molecule has 4 heteroatoms. The third-order valence-electron chi connectivity index (χ3n) is 16.0. The summed E-state index contributed by atoms with van der Waals surface area (Å²) < 4.78 is 16.1. The topological polar surface area (TPSA) is 21.7 Å². The first-order chi connectivity index (χ1) is 35.7. The number of benzene rings is 11. The Morgan fingerprint density at radius 1 is 0.319 bits per heavy atom. The predicted octanol–water partition coefficient (Wildman–Crippen LogP) is 18.1. The lowest BCUT2D eigenvalue weighted by atomic mass is 9.66. The van der Waals surface area contributed by atoms with Crippen molar-refractivity contribution in [2.45, 2.75) is 10.8 Å². The molecule has 12 aromatic rings. The Balaban J connectivity index is 0.978. The van der Waals surface area contributed by atoms with Gasteiger partial charge in [-0.15, -0.1) is 11.3 Å². The van der Waals surface area contributed by atoms with Crippen LogP contribution in [0.15, 0.2) is 249 Å². The first kappa shape index (κ1) is 39.8. The van der Waals surface area contributed by atoms with E-state index in [0.717, 1.165) is 62.3 Å². The fourth-order valence-electron chi connectivity index (χ4n) is 13.3. The van der Waals surface area contributed by atoms with Gasteiger partial charge in [0.15, 0.2) is 0 Å². The summed E-state index contributed by atoms with van der Waals surface area (Å²) in [6.45, 7) is 0. The van der Waals surface area contributed by atoms with Gasteiger partial charge in [-0.25, -0.2) is 0 Å². The van der Waals surface area contributed by atoms with Crippen LogP contribution in [0.1, 0.15) is 44.5 Å². The molecule has 11 aromatic carbocycles. The van der Waals surface area contributed by atoms with Gasteiger partial charge in [0.1, 0.15) is 23.0 Å². The van der Waals surface area contributed by atoms with Gasteiger partial charge < -0.3 is 14.4 Å². The standard InChI is InChI=1S/C68H41NO2S/c1-4-21-50-46(17-1)47-40-39-44(41-57(47)68(50)54-25-8-12-31-61(54)71-62-32-13-9-26-55(62)68)69(43-37-35-42(36-38-43)45-20-15-34-64-65(45)49-19-3-14-33-63(49)72-64)58-28-16-27-56-66(58)48-18-2-5-22-51(48)67(56)52-23-6-10-29-59(52)70-60-30-11-7-24-53(60)67/h1-41H. The van der Waals surface area contributed by atoms with E-state index in [0.29, 0.717) is 0 Å². The third-order valence-corrected chi connectivity index (χ3v) is 17.2. The number of anilines is 3. The Kier molecular flexibility index (Phi) is 8.18. The summed E-state index contributed by atoms with van der Waals surface area (Å²) in [6, 6.07) is 91.5. The van der Waals surface area contributed by atoms with Crippen molar-refractivity contribution in [1.82, 2.24) is 0 Å². The molecule has 2 spiro atoms. The van der Waals surface area contributed by atoms with Crippen molar-refractivity contribution in [3.8, 4) is 56.4 Å². The van der Waals surface area contributed by atoms with E-state index in [1.165, 1.54) is 75.8 Å². The molecule has 0 saturated carbocycles. The zero-order valence-corrected chi connectivity index (χ0v) is 39.7. The predicted molar refractivity (Wildman–Crippen MR) is 294 cm³/mol. The number of fused-ring (bicyclic) bond motifs is 21. The van der Waals surface area contributed by atoms with Crippen LogP contribution < -0.4 is 14.4 Å². The fourth-order valence-corrected chi connectivity index (χ4v) is 14.4. The second-order valence-corrected chi connectivity index (χ2v) is 20.5. The highest BCUT2D eigenvalue weighted by Crippen LogP contribution is 2.66. The number of ether oxygens (including phenoxy) is 2. The van der Waals surface area contributed by atoms with Gasteiger partial charge >= 0.3 is 0 Å². The summed E-state index contributed by atoms with van der Waals surface area (Å²) >= 11 is 1.86. The first-order valence-corrected chi connectivity index (χ1v) is 25.6. The van der Waals surface area contributed by atoms with Gasteiger partial charge in [-0.1, -0.05) is 182 Å². The van der Waals surface area contributed by atoms with Gasteiger partial charge in [0, 0.05) is 59.4 Å². The summed E-state index contributed by atoms with van der Waals surface area (Å²) in [5.41, 5.74) is 18.9. The molecule has 2 aliphatic heterocycles. The van der Waals surface area contributed by atoms with E-state index in [9.17, 15) is 0 Å². The van der Waals surface area contributed by atoms with Crippen molar-refractivity contribution in [1.29, 1.82) is 0 Å². The molecule has 4 aliphatic rings. The molecule has 0 unspecified atom stereocenters. The lowest BCUT2D eigenvalue weighted by Gasteiger charge is -2.40. The van der Waals surface area contributed by atoms with Crippen molar-refractivity contribution < 1.29 is 9.47 Å². The van der Waals surface area contributed by atoms with Crippen molar-refractivity contribution in [2.75, 3.05) is 4.90 Å². The summed E-state index contributed by atoms with van der Waals surface area (Å²) in [5, 5.41) is 2.61. The van der Waals surface area contributed by atoms with Gasteiger partial charge in [0.25, 0.3) is 0 Å². The molecule has 0 bridgehead atoms. The molecule has 3 heterocycles. The van der Waals surface area contributed by atoms with Crippen molar-refractivity contribution >= 4 is 48.6 Å². The summed E-state index contributed by atoms with van der Waals surface area (Å²) in [6.07, 6.45) is 0. The molecule has 16 rings (SSSR count). The Labute approximate surface area is 421 Å².